The molecule has 5 heteroatoms. The van der Waals surface area contributed by atoms with E-state index in [4.69, 9.17) is 11.6 Å². The van der Waals surface area contributed by atoms with Gasteiger partial charge in [-0.3, -0.25) is 0 Å². The molecule has 2 atom stereocenters. The van der Waals surface area contributed by atoms with Crippen LogP contribution in [0.2, 0.25) is 0 Å². The number of piperidine rings is 1. The summed E-state index contributed by atoms with van der Waals surface area (Å²) in [7, 11) is -3.41. The van der Waals surface area contributed by atoms with Gasteiger partial charge in [0, 0.05) is 19.0 Å². The zero-order valence-electron chi connectivity index (χ0n) is 12.2. The molecule has 116 valence electrons. The molecule has 0 aromatic heterocycles. The summed E-state index contributed by atoms with van der Waals surface area (Å²) in [6.07, 6.45) is 6.01. The van der Waals surface area contributed by atoms with E-state index in [1.54, 1.807) is 22.5 Å². The lowest BCUT2D eigenvalue weighted by atomic mass is 9.76. The standard InChI is InChI=1S/C16H22ClNO2S/c17-11-14-6-3-4-8-16(14)21(19,20)18-10-9-13-5-1-2-7-15(13)12-18/h3-4,6,8,13,15H,1-2,5,7,9-12H2. The molecule has 1 heterocycles. The predicted molar refractivity (Wildman–Crippen MR) is 84.8 cm³/mol. The molecule has 0 bridgehead atoms. The molecule has 3 nitrogen and oxygen atoms in total. The van der Waals surface area contributed by atoms with Gasteiger partial charge in [0.05, 0.1) is 4.90 Å². The molecule has 21 heavy (non-hydrogen) atoms. The van der Waals surface area contributed by atoms with Gasteiger partial charge in [-0.05, 0) is 36.3 Å². The largest absolute Gasteiger partial charge is 0.243 e. The summed E-state index contributed by atoms with van der Waals surface area (Å²) in [4.78, 5) is 0.384. The number of halogens is 1. The van der Waals surface area contributed by atoms with E-state index in [0.29, 0.717) is 29.5 Å². The highest BCUT2D eigenvalue weighted by molar-refractivity contribution is 7.89. The quantitative estimate of drug-likeness (QED) is 0.795. The van der Waals surface area contributed by atoms with Gasteiger partial charge in [-0.25, -0.2) is 8.42 Å². The van der Waals surface area contributed by atoms with Crippen molar-refractivity contribution < 1.29 is 8.42 Å². The van der Waals surface area contributed by atoms with Crippen molar-refractivity contribution >= 4 is 21.6 Å². The topological polar surface area (TPSA) is 37.4 Å². The van der Waals surface area contributed by atoms with Gasteiger partial charge in [-0.2, -0.15) is 4.31 Å². The van der Waals surface area contributed by atoms with Crippen LogP contribution in [0, 0.1) is 11.8 Å². The van der Waals surface area contributed by atoms with Crippen molar-refractivity contribution in [2.75, 3.05) is 13.1 Å². The average molecular weight is 328 g/mol. The van der Waals surface area contributed by atoms with Crippen molar-refractivity contribution in [2.24, 2.45) is 11.8 Å². The van der Waals surface area contributed by atoms with Crippen LogP contribution in [-0.2, 0) is 15.9 Å². The molecular weight excluding hydrogens is 306 g/mol. The van der Waals surface area contributed by atoms with Crippen LogP contribution in [0.5, 0.6) is 0 Å². The Morgan fingerprint density at radius 1 is 1.10 bits per heavy atom. The maximum Gasteiger partial charge on any atom is 0.243 e. The Morgan fingerprint density at radius 2 is 1.81 bits per heavy atom. The Hall–Kier alpha value is -0.580. The second-order valence-electron chi connectivity index (χ2n) is 6.20. The van der Waals surface area contributed by atoms with E-state index in [2.05, 4.69) is 0 Å². The van der Waals surface area contributed by atoms with Gasteiger partial charge in [-0.15, -0.1) is 11.6 Å². The van der Waals surface area contributed by atoms with Crippen LogP contribution in [0.4, 0.5) is 0 Å². The molecule has 2 fully saturated rings. The normalized spacial score (nSPS) is 27.3. The van der Waals surface area contributed by atoms with Crippen LogP contribution in [0.15, 0.2) is 29.2 Å². The number of hydrogen-bond donors (Lipinski definition) is 0. The fourth-order valence-electron chi connectivity index (χ4n) is 3.79. The van der Waals surface area contributed by atoms with Crippen LogP contribution in [-0.4, -0.2) is 25.8 Å². The van der Waals surface area contributed by atoms with Crippen LogP contribution in [0.25, 0.3) is 0 Å². The second-order valence-corrected chi connectivity index (χ2v) is 8.37. The van der Waals surface area contributed by atoms with E-state index in [-0.39, 0.29) is 5.88 Å². The Kier molecular flexibility index (Phi) is 4.57. The van der Waals surface area contributed by atoms with E-state index < -0.39 is 10.0 Å². The molecule has 1 aromatic rings. The van der Waals surface area contributed by atoms with Gasteiger partial charge in [-0.1, -0.05) is 37.5 Å². The molecule has 1 aromatic carbocycles. The summed E-state index contributed by atoms with van der Waals surface area (Å²) in [6.45, 7) is 1.34. The van der Waals surface area contributed by atoms with E-state index >= 15 is 0 Å². The summed E-state index contributed by atoms with van der Waals surface area (Å²) in [5, 5.41) is 0. The van der Waals surface area contributed by atoms with Gasteiger partial charge in [0.1, 0.15) is 0 Å². The first-order chi connectivity index (χ1) is 10.1. The number of hydrogen-bond acceptors (Lipinski definition) is 2. The van der Waals surface area contributed by atoms with E-state index in [0.717, 1.165) is 12.3 Å². The van der Waals surface area contributed by atoms with Crippen molar-refractivity contribution in [2.45, 2.75) is 42.9 Å². The van der Waals surface area contributed by atoms with Crippen molar-refractivity contribution in [3.8, 4) is 0 Å². The minimum Gasteiger partial charge on any atom is -0.207 e. The van der Waals surface area contributed by atoms with E-state index in [1.807, 2.05) is 6.07 Å². The second kappa shape index (κ2) is 6.27. The van der Waals surface area contributed by atoms with Gasteiger partial charge < -0.3 is 0 Å². The molecule has 1 aliphatic carbocycles. The number of sulfonamides is 1. The van der Waals surface area contributed by atoms with Crippen LogP contribution in [0.3, 0.4) is 0 Å². The fourth-order valence-corrected chi connectivity index (χ4v) is 5.84. The lowest BCUT2D eigenvalue weighted by Crippen LogP contribution is -2.44. The highest BCUT2D eigenvalue weighted by atomic mass is 35.5. The highest BCUT2D eigenvalue weighted by Crippen LogP contribution is 2.38. The Labute approximate surface area is 132 Å². The molecule has 0 radical (unpaired) electrons. The van der Waals surface area contributed by atoms with Crippen molar-refractivity contribution in [3.05, 3.63) is 29.8 Å². The summed E-state index contributed by atoms with van der Waals surface area (Å²) in [5.74, 6) is 1.51. The molecule has 2 aliphatic rings. The van der Waals surface area contributed by atoms with E-state index in [9.17, 15) is 8.42 Å². The van der Waals surface area contributed by atoms with Gasteiger partial charge >= 0.3 is 0 Å². The number of benzene rings is 1. The Bertz CT molecular complexity index is 602. The third-order valence-electron chi connectivity index (χ3n) is 4.99. The average Bonchev–Trinajstić information content (AvgIpc) is 2.54. The maximum absolute atomic E-state index is 12.9. The monoisotopic (exact) mass is 327 g/mol. The molecule has 0 spiro atoms. The molecule has 1 saturated carbocycles. The Balaban J connectivity index is 1.85. The molecule has 0 amide bonds. The summed E-state index contributed by atoms with van der Waals surface area (Å²) in [6, 6.07) is 7.09. The smallest absolute Gasteiger partial charge is 0.207 e. The molecular formula is C16H22ClNO2S. The van der Waals surface area contributed by atoms with Gasteiger partial charge in [0.2, 0.25) is 10.0 Å². The molecule has 1 aliphatic heterocycles. The lowest BCUT2D eigenvalue weighted by molar-refractivity contribution is 0.136. The SMILES string of the molecule is O=S(=O)(c1ccccc1CCl)N1CCC2CCCCC2C1. The van der Waals surface area contributed by atoms with Crippen LogP contribution >= 0.6 is 11.6 Å². The highest BCUT2D eigenvalue weighted by Gasteiger charge is 2.37. The lowest BCUT2D eigenvalue weighted by Gasteiger charge is -2.40. The first kappa shape index (κ1) is 15.3. The molecule has 3 rings (SSSR count). The summed E-state index contributed by atoms with van der Waals surface area (Å²) >= 11 is 5.90. The molecule has 1 saturated heterocycles. The van der Waals surface area contributed by atoms with Crippen molar-refractivity contribution in [1.82, 2.24) is 4.31 Å². The van der Waals surface area contributed by atoms with E-state index in [1.165, 1.54) is 25.7 Å². The first-order valence-electron chi connectivity index (χ1n) is 7.77. The molecule has 2 unspecified atom stereocenters. The number of nitrogens with zero attached hydrogens (tertiary/aromatic N) is 1. The zero-order valence-corrected chi connectivity index (χ0v) is 13.7. The van der Waals surface area contributed by atoms with Gasteiger partial charge in [0.25, 0.3) is 0 Å². The minimum absolute atomic E-state index is 0.231. The third kappa shape index (κ3) is 2.99. The van der Waals surface area contributed by atoms with Gasteiger partial charge in [0.15, 0.2) is 0 Å². The molecule has 0 N–H and O–H groups in total. The fraction of sp³-hybridized carbons (Fsp3) is 0.625. The van der Waals surface area contributed by atoms with Crippen LogP contribution in [0.1, 0.15) is 37.7 Å². The zero-order chi connectivity index (χ0) is 14.9. The first-order valence-corrected chi connectivity index (χ1v) is 9.74. The third-order valence-corrected chi connectivity index (χ3v) is 7.24. The maximum atomic E-state index is 12.9. The predicted octanol–water partition coefficient (Wildman–Crippen LogP) is 3.63. The number of alkyl halides is 1. The minimum atomic E-state index is -3.41. The summed E-state index contributed by atoms with van der Waals surface area (Å²) in [5.41, 5.74) is 0.699. The van der Waals surface area contributed by atoms with Crippen molar-refractivity contribution in [1.29, 1.82) is 0 Å². The Morgan fingerprint density at radius 3 is 2.57 bits per heavy atom. The van der Waals surface area contributed by atoms with Crippen LogP contribution < -0.4 is 0 Å². The number of fused-ring (bicyclic) bond motifs is 1. The number of rotatable bonds is 3. The summed E-state index contributed by atoms with van der Waals surface area (Å²) < 4.78 is 27.5. The van der Waals surface area contributed by atoms with Crippen molar-refractivity contribution in [3.63, 3.8) is 0 Å².